The van der Waals surface area contributed by atoms with E-state index in [2.05, 4.69) is 107 Å². The molecule has 4 heterocycles. The summed E-state index contributed by atoms with van der Waals surface area (Å²) in [4.78, 5) is 47.2. The number of methoxy groups -OCH3 is 3. The summed E-state index contributed by atoms with van der Waals surface area (Å²) in [7, 11) is 0.456. The zero-order valence-electron chi connectivity index (χ0n) is 48.3. The molecule has 416 valence electrons. The minimum atomic E-state index is -2.54. The lowest BCUT2D eigenvalue weighted by Gasteiger charge is -2.48. The fraction of sp³-hybridized carbons (Fsp3) is 0.825. The number of nitrogens with zero attached hydrogens (tertiary/aromatic N) is 1. The normalized spacial score (nSPS) is 37.2. The SMILES string of the molecule is C=CC[C@@H]1/C=C(\C)C[C@H](C)C[C@H](OC)[C@H]2O[C@]3(OC(=S)O[C@@H]3C(=O)N3CCCC[C@H]3C(=O)O[C@H](/C(C)=C/[C@@H]3CC[C@@H](O[Si](C)(C)C(C)(C)C)[C@H](OC)C3)[C@H](C)[C@@H](O[Si](C)(C)C(C)(C)C)CC1=O)[C@H](C)C[C@@H]2OC. The van der Waals surface area contributed by atoms with Crippen LogP contribution >= 0.6 is 12.2 Å². The van der Waals surface area contributed by atoms with Gasteiger partial charge in [-0.3, -0.25) is 9.59 Å². The fourth-order valence-electron chi connectivity index (χ4n) is 11.5. The van der Waals surface area contributed by atoms with Crippen molar-refractivity contribution in [2.24, 2.45) is 29.6 Å². The summed E-state index contributed by atoms with van der Waals surface area (Å²) in [6.07, 6.45) is 8.40. The summed E-state index contributed by atoms with van der Waals surface area (Å²) in [6.45, 7) is 37.0. The van der Waals surface area contributed by atoms with Crippen LogP contribution in [-0.2, 0) is 56.4 Å². The van der Waals surface area contributed by atoms with Crippen molar-refractivity contribution in [2.75, 3.05) is 27.9 Å². The summed E-state index contributed by atoms with van der Waals surface area (Å²) in [5.41, 5.74) is 1.94. The third kappa shape index (κ3) is 14.5. The van der Waals surface area contributed by atoms with Crippen LogP contribution in [-0.4, -0.2) is 133 Å². The van der Waals surface area contributed by atoms with Crippen LogP contribution in [0.1, 0.15) is 147 Å². The highest BCUT2D eigenvalue weighted by molar-refractivity contribution is 7.79. The number of thiocarbonyl (C=S) groups is 1. The van der Waals surface area contributed by atoms with Crippen molar-refractivity contribution in [1.82, 2.24) is 4.90 Å². The van der Waals surface area contributed by atoms with Gasteiger partial charge in [-0.1, -0.05) is 86.1 Å². The standard InChI is InChI=1S/C57H97NO12SSi2/c1-20-23-41-29-35(2)28-36(3)30-47(63-14)50-48(64-15)32-38(5)57(67-50)51(66-54(71)68-57)52(60)58-27-22-21-24-42(58)53(61)65-49(39(6)45(34-43(41)59)70-73(18,19)56(10,11)12)37(4)31-40-25-26-44(46(33-40)62-13)69-72(16,17)55(7,8)9/h20,29,31,36,38-42,44-51H,1,21-28,30,32-34H2,2-19H3/b35-29+,37-31+/t36-,38+,39+,40-,41+,42-,44+,45-,46+,47-,48-,49+,50+,51+,57-/m0/s1. The van der Waals surface area contributed by atoms with Gasteiger partial charge >= 0.3 is 11.2 Å². The Hall–Kier alpha value is -2.29. The summed E-state index contributed by atoms with van der Waals surface area (Å²) in [5, 5.41) is -0.309. The average Bonchev–Trinajstić information content (AvgIpc) is 3.64. The molecule has 15 atom stereocenters. The monoisotopic (exact) mass is 1080 g/mol. The van der Waals surface area contributed by atoms with Crippen LogP contribution in [0, 0.1) is 29.6 Å². The summed E-state index contributed by atoms with van der Waals surface area (Å²) in [5.74, 6) is -3.63. The molecule has 0 N–H and O–H groups in total. The number of Topliss-reactive ketones (excluding diaryl/α,β-unsaturated/α-hetero) is 1. The molecule has 2 bridgehead atoms. The van der Waals surface area contributed by atoms with E-state index in [1.54, 1.807) is 26.2 Å². The molecule has 0 aromatic heterocycles. The Kier molecular flexibility index (Phi) is 21.1. The maximum atomic E-state index is 15.3. The van der Waals surface area contributed by atoms with Crippen molar-refractivity contribution in [2.45, 2.75) is 244 Å². The summed E-state index contributed by atoms with van der Waals surface area (Å²) >= 11 is 5.59. The highest BCUT2D eigenvalue weighted by Crippen LogP contribution is 2.47. The molecule has 4 fully saturated rings. The molecule has 1 saturated carbocycles. The van der Waals surface area contributed by atoms with Crippen LogP contribution in [0.15, 0.2) is 36.0 Å². The number of cyclic esters (lactones) is 1. The highest BCUT2D eigenvalue weighted by atomic mass is 32.1. The molecule has 0 aromatic rings. The molecule has 1 amide bonds. The number of ketones is 1. The number of allylic oxidation sites excluding steroid dienone is 4. The highest BCUT2D eigenvalue weighted by Gasteiger charge is 2.65. The number of fused-ring (bicyclic) bond motifs is 2. The predicted octanol–water partition coefficient (Wildman–Crippen LogP) is 11.8. The second-order valence-corrected chi connectivity index (χ2v) is 35.4. The Morgan fingerprint density at radius 2 is 1.42 bits per heavy atom. The zero-order valence-corrected chi connectivity index (χ0v) is 51.1. The maximum Gasteiger partial charge on any atom is 0.356 e. The molecular formula is C57H97NO12SSi2. The van der Waals surface area contributed by atoms with Gasteiger partial charge in [0.15, 0.2) is 16.6 Å². The Labute approximate surface area is 448 Å². The minimum absolute atomic E-state index is 0.0205. The Morgan fingerprint density at radius 3 is 2.01 bits per heavy atom. The third-order valence-electron chi connectivity index (χ3n) is 17.9. The molecule has 5 aliphatic rings. The van der Waals surface area contributed by atoms with Crippen LogP contribution in [0.5, 0.6) is 0 Å². The molecule has 3 saturated heterocycles. The first-order valence-electron chi connectivity index (χ1n) is 27.5. The van der Waals surface area contributed by atoms with Gasteiger partial charge in [0.05, 0.1) is 30.5 Å². The molecule has 1 spiro atoms. The predicted molar refractivity (Wildman–Crippen MR) is 296 cm³/mol. The number of hydrogen-bond donors (Lipinski definition) is 0. The van der Waals surface area contributed by atoms with Gasteiger partial charge in [-0.05, 0) is 132 Å². The molecule has 5 rings (SSSR count). The zero-order chi connectivity index (χ0) is 54.6. The lowest BCUT2D eigenvalue weighted by Crippen LogP contribution is -2.65. The number of carbonyl (C=O) groups is 3. The van der Waals surface area contributed by atoms with Gasteiger partial charge < -0.3 is 46.9 Å². The molecule has 73 heavy (non-hydrogen) atoms. The van der Waals surface area contributed by atoms with E-state index in [4.69, 9.17) is 54.2 Å². The number of esters is 1. The van der Waals surface area contributed by atoms with E-state index >= 15 is 9.59 Å². The second-order valence-electron chi connectivity index (χ2n) is 25.5. The maximum absolute atomic E-state index is 15.3. The van der Waals surface area contributed by atoms with Crippen molar-refractivity contribution < 1.29 is 56.4 Å². The number of rotatable bonds is 11. The van der Waals surface area contributed by atoms with Gasteiger partial charge in [0.25, 0.3) is 11.7 Å². The van der Waals surface area contributed by atoms with Crippen molar-refractivity contribution in [3.05, 3.63) is 36.0 Å². The molecular weight excluding hydrogens is 979 g/mol. The first-order valence-corrected chi connectivity index (χ1v) is 33.7. The summed E-state index contributed by atoms with van der Waals surface area (Å²) in [6, 6.07) is -0.936. The van der Waals surface area contributed by atoms with E-state index in [1.165, 1.54) is 0 Å². The van der Waals surface area contributed by atoms with E-state index < -0.39 is 88.6 Å². The van der Waals surface area contributed by atoms with E-state index in [9.17, 15) is 4.79 Å². The van der Waals surface area contributed by atoms with Gasteiger partial charge in [0.2, 0.25) is 6.10 Å². The van der Waals surface area contributed by atoms with E-state index in [-0.39, 0.29) is 57.7 Å². The van der Waals surface area contributed by atoms with Gasteiger partial charge in [-0.2, -0.15) is 0 Å². The molecule has 0 radical (unpaired) electrons. The second kappa shape index (κ2) is 25.0. The Morgan fingerprint density at radius 1 is 0.822 bits per heavy atom. The molecule has 13 nitrogen and oxygen atoms in total. The van der Waals surface area contributed by atoms with Crippen LogP contribution in [0.4, 0.5) is 0 Å². The lowest BCUT2D eigenvalue weighted by atomic mass is 9.81. The van der Waals surface area contributed by atoms with Crippen LogP contribution < -0.4 is 0 Å². The quantitative estimate of drug-likeness (QED) is 0.0841. The van der Waals surface area contributed by atoms with Crippen molar-refractivity contribution >= 4 is 51.7 Å². The van der Waals surface area contributed by atoms with Crippen LogP contribution in [0.3, 0.4) is 0 Å². The van der Waals surface area contributed by atoms with E-state index in [0.29, 0.717) is 51.5 Å². The smallest absolute Gasteiger partial charge is 0.356 e. The van der Waals surface area contributed by atoms with Crippen LogP contribution in [0.2, 0.25) is 36.3 Å². The van der Waals surface area contributed by atoms with Gasteiger partial charge in [0, 0.05) is 64.3 Å². The first kappa shape index (κ1) is 61.6. The number of amides is 1. The van der Waals surface area contributed by atoms with Gasteiger partial charge in [0.1, 0.15) is 24.0 Å². The minimum Gasteiger partial charge on any atom is -0.456 e. The first-order chi connectivity index (χ1) is 33.9. The van der Waals surface area contributed by atoms with Crippen LogP contribution in [0.25, 0.3) is 0 Å². The van der Waals surface area contributed by atoms with Crippen molar-refractivity contribution in [3.63, 3.8) is 0 Å². The number of ether oxygens (including phenoxy) is 7. The molecule has 1 aliphatic carbocycles. The van der Waals surface area contributed by atoms with Gasteiger partial charge in [-0.25, -0.2) is 4.79 Å². The van der Waals surface area contributed by atoms with Crippen molar-refractivity contribution in [3.8, 4) is 0 Å². The number of hydrogen-bond acceptors (Lipinski definition) is 13. The number of carbonyl (C=O) groups excluding carboxylic acids is 3. The Bertz CT molecular complexity index is 2000. The third-order valence-corrected chi connectivity index (χ3v) is 27.1. The van der Waals surface area contributed by atoms with Gasteiger partial charge in [-0.15, -0.1) is 6.58 Å². The number of piperidine rings is 1. The topological polar surface area (TPSA) is 138 Å². The van der Waals surface area contributed by atoms with E-state index in [0.717, 1.165) is 30.4 Å². The van der Waals surface area contributed by atoms with E-state index in [1.807, 2.05) is 19.9 Å². The average molecular weight is 1080 g/mol. The summed E-state index contributed by atoms with van der Waals surface area (Å²) < 4.78 is 59.3. The molecule has 0 aromatic carbocycles. The largest absolute Gasteiger partial charge is 0.456 e. The fourth-order valence-corrected chi connectivity index (χ4v) is 14.5. The van der Waals surface area contributed by atoms with Crippen molar-refractivity contribution in [1.29, 1.82) is 0 Å². The molecule has 4 aliphatic heterocycles. The Balaban J connectivity index is 1.65. The lowest BCUT2D eigenvalue weighted by molar-refractivity contribution is -0.315. The molecule has 16 heteroatoms. The molecule has 0 unspecified atom stereocenters.